The number of hydrogen-bond acceptors (Lipinski definition) is 4. The van der Waals surface area contributed by atoms with Gasteiger partial charge in [0.15, 0.2) is 0 Å². The molecular formula is C15H27N3O3. The first-order valence-corrected chi connectivity index (χ1v) is 8.07. The van der Waals surface area contributed by atoms with E-state index in [2.05, 4.69) is 5.32 Å². The molecule has 2 amide bonds. The van der Waals surface area contributed by atoms with E-state index in [1.807, 2.05) is 18.7 Å². The quantitative estimate of drug-likeness (QED) is 0.762. The highest BCUT2D eigenvalue weighted by Gasteiger charge is 2.32. The van der Waals surface area contributed by atoms with Gasteiger partial charge in [-0.1, -0.05) is 0 Å². The first-order chi connectivity index (χ1) is 10.2. The third kappa shape index (κ3) is 4.17. The maximum Gasteiger partial charge on any atom is 0.240 e. The highest BCUT2D eigenvalue weighted by atomic mass is 16.5. The second kappa shape index (κ2) is 7.75. The minimum atomic E-state index is -0.381. The monoisotopic (exact) mass is 297 g/mol. The van der Waals surface area contributed by atoms with E-state index in [4.69, 9.17) is 4.74 Å². The largest absolute Gasteiger partial charge is 0.376 e. The van der Waals surface area contributed by atoms with Crippen LogP contribution in [0.3, 0.4) is 0 Å². The van der Waals surface area contributed by atoms with Gasteiger partial charge in [0.05, 0.1) is 18.6 Å². The Morgan fingerprint density at radius 2 is 2.19 bits per heavy atom. The molecule has 21 heavy (non-hydrogen) atoms. The van der Waals surface area contributed by atoms with Gasteiger partial charge in [-0.3, -0.25) is 9.59 Å². The van der Waals surface area contributed by atoms with E-state index in [9.17, 15) is 9.59 Å². The van der Waals surface area contributed by atoms with Crippen molar-refractivity contribution < 1.29 is 14.3 Å². The zero-order valence-corrected chi connectivity index (χ0v) is 13.1. The van der Waals surface area contributed by atoms with Crippen molar-refractivity contribution >= 4 is 11.8 Å². The van der Waals surface area contributed by atoms with Gasteiger partial charge in [0.2, 0.25) is 11.8 Å². The molecule has 2 fully saturated rings. The standard InChI is InChI=1S/C15H27N3O3/c1-3-17(4-2)14(19)10-13-15(20)18(8-7-16-13)11-12-6-5-9-21-12/h12-13,16H,3-11H2,1-2H3. The van der Waals surface area contributed by atoms with Crippen molar-refractivity contribution in [3.8, 4) is 0 Å². The smallest absolute Gasteiger partial charge is 0.240 e. The van der Waals surface area contributed by atoms with Gasteiger partial charge in [-0.25, -0.2) is 0 Å². The van der Waals surface area contributed by atoms with Crippen LogP contribution in [-0.2, 0) is 14.3 Å². The molecule has 0 bridgehead atoms. The fraction of sp³-hybridized carbons (Fsp3) is 0.867. The highest BCUT2D eigenvalue weighted by Crippen LogP contribution is 2.15. The molecule has 2 atom stereocenters. The van der Waals surface area contributed by atoms with Crippen LogP contribution in [0.1, 0.15) is 33.1 Å². The van der Waals surface area contributed by atoms with Crippen molar-refractivity contribution in [2.45, 2.75) is 45.3 Å². The molecule has 0 saturated carbocycles. The molecule has 6 heteroatoms. The van der Waals surface area contributed by atoms with Gasteiger partial charge in [-0.15, -0.1) is 0 Å². The maximum atomic E-state index is 12.5. The second-order valence-corrected chi connectivity index (χ2v) is 5.70. The molecule has 2 saturated heterocycles. The Morgan fingerprint density at radius 3 is 2.81 bits per heavy atom. The lowest BCUT2D eigenvalue weighted by Crippen LogP contribution is -2.57. The number of nitrogens with one attached hydrogen (secondary N) is 1. The Balaban J connectivity index is 1.88. The van der Waals surface area contributed by atoms with E-state index < -0.39 is 0 Å². The number of rotatable bonds is 6. The van der Waals surface area contributed by atoms with Crippen molar-refractivity contribution in [2.24, 2.45) is 0 Å². The number of piperazine rings is 1. The fourth-order valence-corrected chi connectivity index (χ4v) is 3.05. The van der Waals surface area contributed by atoms with Crippen LogP contribution in [0.4, 0.5) is 0 Å². The molecule has 2 unspecified atom stereocenters. The van der Waals surface area contributed by atoms with E-state index in [-0.39, 0.29) is 30.4 Å². The van der Waals surface area contributed by atoms with Crippen LogP contribution < -0.4 is 5.32 Å². The van der Waals surface area contributed by atoms with Crippen LogP contribution >= 0.6 is 0 Å². The average molecular weight is 297 g/mol. The third-order valence-electron chi connectivity index (χ3n) is 4.33. The van der Waals surface area contributed by atoms with Crippen molar-refractivity contribution in [3.63, 3.8) is 0 Å². The summed E-state index contributed by atoms with van der Waals surface area (Å²) in [6.07, 6.45) is 2.53. The Bertz CT molecular complexity index is 365. The summed E-state index contributed by atoms with van der Waals surface area (Å²) < 4.78 is 5.60. The van der Waals surface area contributed by atoms with Gasteiger partial charge in [-0.05, 0) is 26.7 Å². The minimum Gasteiger partial charge on any atom is -0.376 e. The van der Waals surface area contributed by atoms with Crippen molar-refractivity contribution in [1.29, 1.82) is 0 Å². The van der Waals surface area contributed by atoms with Crippen LogP contribution in [0.25, 0.3) is 0 Å². The molecule has 120 valence electrons. The number of carbonyl (C=O) groups excluding carboxylic acids is 2. The van der Waals surface area contributed by atoms with Crippen LogP contribution in [0.15, 0.2) is 0 Å². The molecule has 0 spiro atoms. The summed E-state index contributed by atoms with van der Waals surface area (Å²) in [6, 6.07) is -0.381. The highest BCUT2D eigenvalue weighted by molar-refractivity contribution is 5.89. The Kier molecular flexibility index (Phi) is 5.99. The Morgan fingerprint density at radius 1 is 1.43 bits per heavy atom. The summed E-state index contributed by atoms with van der Waals surface area (Å²) in [5, 5.41) is 3.18. The fourth-order valence-electron chi connectivity index (χ4n) is 3.05. The number of hydrogen-bond donors (Lipinski definition) is 1. The predicted octanol–water partition coefficient (Wildman–Crippen LogP) is 0.224. The van der Waals surface area contributed by atoms with Crippen LogP contribution in [0.2, 0.25) is 0 Å². The van der Waals surface area contributed by atoms with Gasteiger partial charge in [0, 0.05) is 39.3 Å². The lowest BCUT2D eigenvalue weighted by Gasteiger charge is -2.35. The van der Waals surface area contributed by atoms with Gasteiger partial charge >= 0.3 is 0 Å². The summed E-state index contributed by atoms with van der Waals surface area (Å²) in [6.45, 7) is 8.21. The third-order valence-corrected chi connectivity index (χ3v) is 4.33. The molecular weight excluding hydrogens is 270 g/mol. The number of carbonyl (C=O) groups is 2. The number of ether oxygens (including phenoxy) is 1. The van der Waals surface area contributed by atoms with E-state index in [1.54, 1.807) is 4.90 Å². The van der Waals surface area contributed by atoms with Crippen LogP contribution in [0, 0.1) is 0 Å². The predicted molar refractivity (Wildman–Crippen MR) is 79.9 cm³/mol. The molecule has 2 heterocycles. The zero-order chi connectivity index (χ0) is 15.2. The number of nitrogens with zero attached hydrogens (tertiary/aromatic N) is 2. The molecule has 0 aromatic carbocycles. The zero-order valence-electron chi connectivity index (χ0n) is 13.1. The van der Waals surface area contributed by atoms with Crippen molar-refractivity contribution in [3.05, 3.63) is 0 Å². The van der Waals surface area contributed by atoms with E-state index in [0.29, 0.717) is 26.2 Å². The molecule has 0 aliphatic carbocycles. The first kappa shape index (κ1) is 16.2. The minimum absolute atomic E-state index is 0.0391. The molecule has 0 aromatic rings. The lowest BCUT2D eigenvalue weighted by atomic mass is 10.1. The SMILES string of the molecule is CCN(CC)C(=O)CC1NCCN(CC2CCCO2)C1=O. The van der Waals surface area contributed by atoms with Gasteiger partial charge < -0.3 is 19.9 Å². The summed E-state index contributed by atoms with van der Waals surface area (Å²) in [5.41, 5.74) is 0. The normalized spacial score (nSPS) is 26.2. The summed E-state index contributed by atoms with van der Waals surface area (Å²) in [5.74, 6) is 0.0853. The maximum absolute atomic E-state index is 12.5. The second-order valence-electron chi connectivity index (χ2n) is 5.70. The Hall–Kier alpha value is -1.14. The van der Waals surface area contributed by atoms with Crippen LogP contribution in [0.5, 0.6) is 0 Å². The van der Waals surface area contributed by atoms with Gasteiger partial charge in [0.25, 0.3) is 0 Å². The summed E-state index contributed by atoms with van der Waals surface area (Å²) >= 11 is 0. The molecule has 0 radical (unpaired) electrons. The van der Waals surface area contributed by atoms with Crippen molar-refractivity contribution in [1.82, 2.24) is 15.1 Å². The van der Waals surface area contributed by atoms with Crippen molar-refractivity contribution in [2.75, 3.05) is 39.3 Å². The van der Waals surface area contributed by atoms with Crippen LogP contribution in [-0.4, -0.2) is 73.1 Å². The topological polar surface area (TPSA) is 61.9 Å². The number of amides is 2. The van der Waals surface area contributed by atoms with E-state index >= 15 is 0 Å². The average Bonchev–Trinajstić information content (AvgIpc) is 2.97. The molecule has 0 aromatic heterocycles. The lowest BCUT2D eigenvalue weighted by molar-refractivity contribution is -0.142. The Labute approximate surface area is 126 Å². The van der Waals surface area contributed by atoms with E-state index in [1.165, 1.54) is 0 Å². The van der Waals surface area contributed by atoms with Gasteiger partial charge in [0.1, 0.15) is 0 Å². The van der Waals surface area contributed by atoms with E-state index in [0.717, 1.165) is 26.0 Å². The summed E-state index contributed by atoms with van der Waals surface area (Å²) in [4.78, 5) is 28.3. The molecule has 2 rings (SSSR count). The summed E-state index contributed by atoms with van der Waals surface area (Å²) in [7, 11) is 0. The molecule has 6 nitrogen and oxygen atoms in total. The first-order valence-electron chi connectivity index (χ1n) is 8.07. The van der Waals surface area contributed by atoms with Gasteiger partial charge in [-0.2, -0.15) is 0 Å². The molecule has 1 N–H and O–H groups in total. The molecule has 2 aliphatic heterocycles. The molecule has 2 aliphatic rings.